The molecule has 1 saturated heterocycles. The van der Waals surface area contributed by atoms with Gasteiger partial charge in [0.05, 0.1) is 12.7 Å². The number of alkyl halides is 1. The Balaban J connectivity index is 1.82. The lowest BCUT2D eigenvalue weighted by molar-refractivity contribution is -0.00355. The Labute approximate surface area is 136 Å². The largest absolute Gasteiger partial charge is 0.508 e. The standard InChI is InChI=1S/C19H24FNO2/c20-9-3-10-21-11-8-19-7-2-1-4-15(19)17(21)18(23)14-6-5-13(22)12-16(14)19/h5-6,12,15,17,22H,1-4,7-11H2/t15-,17+,19+/m0/s1. The fourth-order valence-electron chi connectivity index (χ4n) is 5.42. The van der Waals surface area contributed by atoms with E-state index in [1.165, 1.54) is 12.8 Å². The molecule has 3 atom stereocenters. The third-order valence-electron chi connectivity index (χ3n) is 6.37. The number of fused-ring (bicyclic) bond motifs is 1. The van der Waals surface area contributed by atoms with Crippen LogP contribution in [0.1, 0.15) is 54.4 Å². The molecule has 0 radical (unpaired) electrons. The lowest BCUT2D eigenvalue weighted by Crippen LogP contribution is -2.63. The van der Waals surface area contributed by atoms with E-state index in [4.69, 9.17) is 0 Å². The molecule has 0 spiro atoms. The normalized spacial score (nSPS) is 33.2. The van der Waals surface area contributed by atoms with Crippen molar-refractivity contribution in [2.75, 3.05) is 19.8 Å². The topological polar surface area (TPSA) is 40.5 Å². The number of nitrogens with zero attached hydrogens (tertiary/aromatic N) is 1. The minimum atomic E-state index is -0.322. The van der Waals surface area contributed by atoms with E-state index in [2.05, 4.69) is 4.90 Å². The molecular formula is C19H24FNO2. The van der Waals surface area contributed by atoms with Crippen molar-refractivity contribution in [1.82, 2.24) is 4.90 Å². The van der Waals surface area contributed by atoms with Crippen molar-refractivity contribution < 1.29 is 14.3 Å². The summed E-state index contributed by atoms with van der Waals surface area (Å²) in [5.41, 5.74) is 1.90. The molecule has 0 aromatic heterocycles. The Morgan fingerprint density at radius 1 is 1.30 bits per heavy atom. The predicted octanol–water partition coefficient (Wildman–Crippen LogP) is 3.45. The summed E-state index contributed by atoms with van der Waals surface area (Å²) in [5.74, 6) is 0.765. The first-order chi connectivity index (χ1) is 11.2. The number of phenols is 1. The first kappa shape index (κ1) is 15.1. The van der Waals surface area contributed by atoms with Crippen molar-refractivity contribution in [3.05, 3.63) is 29.3 Å². The molecule has 3 aliphatic rings. The summed E-state index contributed by atoms with van der Waals surface area (Å²) >= 11 is 0. The number of likely N-dealkylation sites (tertiary alicyclic amines) is 1. The average molecular weight is 317 g/mol. The number of carbonyl (C=O) groups is 1. The highest BCUT2D eigenvalue weighted by Crippen LogP contribution is 2.56. The molecule has 2 bridgehead atoms. The van der Waals surface area contributed by atoms with E-state index in [9.17, 15) is 14.3 Å². The molecule has 1 N–H and O–H groups in total. The van der Waals surface area contributed by atoms with Gasteiger partial charge in [-0.05, 0) is 61.9 Å². The van der Waals surface area contributed by atoms with Crippen LogP contribution >= 0.6 is 0 Å². The summed E-state index contributed by atoms with van der Waals surface area (Å²) in [6, 6.07) is 5.16. The number of hydrogen-bond acceptors (Lipinski definition) is 3. The fourth-order valence-corrected chi connectivity index (χ4v) is 5.42. The monoisotopic (exact) mass is 317 g/mol. The van der Waals surface area contributed by atoms with Crippen LogP contribution in [0.25, 0.3) is 0 Å². The molecule has 4 rings (SSSR count). The third kappa shape index (κ3) is 2.14. The van der Waals surface area contributed by atoms with Crippen molar-refractivity contribution >= 4 is 5.78 Å². The number of phenolic OH excluding ortho intramolecular Hbond substituents is 1. The smallest absolute Gasteiger partial charge is 0.180 e. The van der Waals surface area contributed by atoms with Crippen molar-refractivity contribution in [3.63, 3.8) is 0 Å². The van der Waals surface area contributed by atoms with Crippen molar-refractivity contribution in [1.29, 1.82) is 0 Å². The van der Waals surface area contributed by atoms with Crippen LogP contribution in [-0.2, 0) is 5.41 Å². The second kappa shape index (κ2) is 5.59. The van der Waals surface area contributed by atoms with Gasteiger partial charge in [-0.1, -0.05) is 12.8 Å². The van der Waals surface area contributed by atoms with Gasteiger partial charge in [-0.25, -0.2) is 0 Å². The highest BCUT2D eigenvalue weighted by Gasteiger charge is 2.56. The average Bonchev–Trinajstić information content (AvgIpc) is 2.58. The van der Waals surface area contributed by atoms with E-state index in [1.807, 2.05) is 6.07 Å². The molecule has 4 heteroatoms. The molecular weight excluding hydrogens is 293 g/mol. The van der Waals surface area contributed by atoms with Crippen LogP contribution < -0.4 is 0 Å². The van der Waals surface area contributed by atoms with E-state index < -0.39 is 0 Å². The minimum absolute atomic E-state index is 0.0388. The Bertz CT molecular complexity index is 632. The van der Waals surface area contributed by atoms with Gasteiger partial charge in [0.25, 0.3) is 0 Å². The van der Waals surface area contributed by atoms with Gasteiger partial charge in [0.2, 0.25) is 0 Å². The van der Waals surface area contributed by atoms with Gasteiger partial charge in [0.15, 0.2) is 5.78 Å². The quantitative estimate of drug-likeness (QED) is 0.928. The number of carbonyl (C=O) groups excluding carboxylic acids is 1. The summed E-state index contributed by atoms with van der Waals surface area (Å²) in [6.45, 7) is 1.21. The highest BCUT2D eigenvalue weighted by atomic mass is 19.1. The SMILES string of the molecule is O=C1c2ccc(O)cc2[C@@]23CCCC[C@H]2[C@H]1N(CCCF)CC3. The molecule has 23 heavy (non-hydrogen) atoms. The van der Waals surface area contributed by atoms with Crippen LogP contribution in [0.3, 0.4) is 0 Å². The van der Waals surface area contributed by atoms with Crippen molar-refractivity contribution in [2.45, 2.75) is 50.0 Å². The molecule has 0 amide bonds. The zero-order chi connectivity index (χ0) is 16.0. The Kier molecular flexibility index (Phi) is 3.67. The number of halogens is 1. The van der Waals surface area contributed by atoms with E-state index in [0.717, 1.165) is 36.9 Å². The molecule has 2 aliphatic carbocycles. The second-order valence-electron chi connectivity index (χ2n) is 7.38. The first-order valence-electron chi connectivity index (χ1n) is 8.85. The maximum atomic E-state index is 13.1. The van der Waals surface area contributed by atoms with Crippen LogP contribution in [0.15, 0.2) is 18.2 Å². The number of hydrogen-bond donors (Lipinski definition) is 1. The van der Waals surface area contributed by atoms with Gasteiger partial charge >= 0.3 is 0 Å². The number of benzene rings is 1. The summed E-state index contributed by atoms with van der Waals surface area (Å²) in [6.07, 6.45) is 6.06. The second-order valence-corrected chi connectivity index (χ2v) is 7.38. The summed E-state index contributed by atoms with van der Waals surface area (Å²) < 4.78 is 12.6. The number of aromatic hydroxyl groups is 1. The van der Waals surface area contributed by atoms with Crippen molar-refractivity contribution in [2.24, 2.45) is 5.92 Å². The maximum absolute atomic E-state index is 13.1. The highest BCUT2D eigenvalue weighted by molar-refractivity contribution is 6.03. The molecule has 124 valence electrons. The van der Waals surface area contributed by atoms with Gasteiger partial charge in [-0.3, -0.25) is 14.1 Å². The van der Waals surface area contributed by atoms with Gasteiger partial charge in [0.1, 0.15) is 5.75 Å². The van der Waals surface area contributed by atoms with Crippen LogP contribution in [0.5, 0.6) is 5.75 Å². The van der Waals surface area contributed by atoms with Gasteiger partial charge < -0.3 is 5.11 Å². The van der Waals surface area contributed by atoms with Crippen LogP contribution in [-0.4, -0.2) is 41.6 Å². The molecule has 3 nitrogen and oxygen atoms in total. The third-order valence-corrected chi connectivity index (χ3v) is 6.37. The summed E-state index contributed by atoms with van der Waals surface area (Å²) in [7, 11) is 0. The van der Waals surface area contributed by atoms with E-state index >= 15 is 0 Å². The van der Waals surface area contributed by atoms with Crippen LogP contribution in [0.4, 0.5) is 4.39 Å². The molecule has 1 aromatic rings. The lowest BCUT2D eigenvalue weighted by atomic mass is 9.52. The Hall–Kier alpha value is -1.42. The molecule has 1 heterocycles. The van der Waals surface area contributed by atoms with Crippen LogP contribution in [0, 0.1) is 5.92 Å². The Morgan fingerprint density at radius 2 is 2.17 bits per heavy atom. The summed E-state index contributed by atoms with van der Waals surface area (Å²) in [4.78, 5) is 15.4. The maximum Gasteiger partial charge on any atom is 0.180 e. The molecule has 1 aliphatic heterocycles. The molecule has 1 aromatic carbocycles. The zero-order valence-electron chi connectivity index (χ0n) is 13.4. The number of piperidine rings is 1. The first-order valence-corrected chi connectivity index (χ1v) is 8.85. The summed E-state index contributed by atoms with van der Waals surface area (Å²) in [5, 5.41) is 9.96. The fraction of sp³-hybridized carbons (Fsp3) is 0.632. The van der Waals surface area contributed by atoms with E-state index in [1.54, 1.807) is 12.1 Å². The number of ketones is 1. The zero-order valence-corrected chi connectivity index (χ0v) is 13.4. The lowest BCUT2D eigenvalue weighted by Gasteiger charge is -2.58. The predicted molar refractivity (Wildman–Crippen MR) is 86.6 cm³/mol. The van der Waals surface area contributed by atoms with Gasteiger partial charge in [0, 0.05) is 17.5 Å². The van der Waals surface area contributed by atoms with Crippen LogP contribution in [0.2, 0.25) is 0 Å². The van der Waals surface area contributed by atoms with E-state index in [-0.39, 0.29) is 29.7 Å². The Morgan fingerprint density at radius 3 is 3.00 bits per heavy atom. The van der Waals surface area contributed by atoms with Crippen molar-refractivity contribution in [3.8, 4) is 5.75 Å². The van der Waals surface area contributed by atoms with Gasteiger partial charge in [-0.15, -0.1) is 0 Å². The molecule has 2 fully saturated rings. The minimum Gasteiger partial charge on any atom is -0.508 e. The van der Waals surface area contributed by atoms with Gasteiger partial charge in [-0.2, -0.15) is 0 Å². The molecule has 1 saturated carbocycles. The number of rotatable bonds is 3. The number of Topliss-reactive ketones (excluding diaryl/α,β-unsaturated/α-hetero) is 1. The molecule has 0 unspecified atom stereocenters. The van der Waals surface area contributed by atoms with E-state index in [0.29, 0.717) is 18.9 Å².